The third-order valence-corrected chi connectivity index (χ3v) is 5.90. The minimum atomic E-state index is -3.71. The lowest BCUT2D eigenvalue weighted by Gasteiger charge is -2.09. The fourth-order valence-corrected chi connectivity index (χ4v) is 4.02. The molecule has 0 aliphatic carbocycles. The minimum absolute atomic E-state index is 0.0214. The molecule has 134 valence electrons. The summed E-state index contributed by atoms with van der Waals surface area (Å²) in [5.74, 6) is 0.142. The molecule has 0 atom stereocenters. The molecular weight excluding hydrogens is 362 g/mol. The molecule has 2 aromatic carbocycles. The Hall–Kier alpha value is -2.03. The molecule has 0 fully saturated rings. The van der Waals surface area contributed by atoms with Crippen molar-refractivity contribution >= 4 is 27.8 Å². The van der Waals surface area contributed by atoms with Gasteiger partial charge in [0.2, 0.25) is 10.0 Å². The number of carbonyl (C=O) groups is 1. The molecular formula is C17H19NO5S2. The second-order valence-electron chi connectivity index (χ2n) is 5.21. The Bertz CT molecular complexity index is 848. The van der Waals surface area contributed by atoms with Crippen LogP contribution in [0.15, 0.2) is 52.3 Å². The maximum atomic E-state index is 12.4. The molecule has 25 heavy (non-hydrogen) atoms. The van der Waals surface area contributed by atoms with Gasteiger partial charge in [-0.2, -0.15) is 0 Å². The molecule has 0 radical (unpaired) electrons. The number of nitrogens with one attached hydrogen (secondary N) is 1. The summed E-state index contributed by atoms with van der Waals surface area (Å²) in [6.07, 6.45) is 0. The first kappa shape index (κ1) is 19.3. The Morgan fingerprint density at radius 3 is 2.52 bits per heavy atom. The number of aryl methyl sites for hydroxylation is 1. The molecule has 0 aromatic heterocycles. The molecule has 0 amide bonds. The first-order valence-corrected chi connectivity index (χ1v) is 9.91. The van der Waals surface area contributed by atoms with Gasteiger partial charge in [0.15, 0.2) is 0 Å². The van der Waals surface area contributed by atoms with Crippen LogP contribution in [0, 0.1) is 6.92 Å². The lowest BCUT2D eigenvalue weighted by atomic mass is 10.1. The van der Waals surface area contributed by atoms with Crippen molar-refractivity contribution in [3.8, 4) is 5.75 Å². The Morgan fingerprint density at radius 2 is 1.88 bits per heavy atom. The predicted molar refractivity (Wildman–Crippen MR) is 96.5 cm³/mol. The van der Waals surface area contributed by atoms with Crippen LogP contribution in [-0.4, -0.2) is 38.9 Å². The molecule has 2 aromatic rings. The van der Waals surface area contributed by atoms with E-state index in [1.54, 1.807) is 37.3 Å². The SMILES string of the molecule is COC(=O)c1cc(S(=O)(=O)NCCSc2ccc(O)cc2)ccc1C. The zero-order chi connectivity index (χ0) is 18.4. The van der Waals surface area contributed by atoms with Gasteiger partial charge in [0, 0.05) is 17.2 Å². The van der Waals surface area contributed by atoms with E-state index in [2.05, 4.69) is 9.46 Å². The summed E-state index contributed by atoms with van der Waals surface area (Å²) in [5, 5.41) is 9.23. The number of carbonyl (C=O) groups excluding carboxylic acids is 1. The zero-order valence-electron chi connectivity index (χ0n) is 13.9. The maximum absolute atomic E-state index is 12.4. The van der Waals surface area contributed by atoms with Gasteiger partial charge in [-0.15, -0.1) is 11.8 Å². The van der Waals surface area contributed by atoms with Crippen LogP contribution in [0.1, 0.15) is 15.9 Å². The number of phenolic OH excluding ortho intramolecular Hbond substituents is 1. The summed E-state index contributed by atoms with van der Waals surface area (Å²) in [6, 6.07) is 11.0. The normalized spacial score (nSPS) is 11.3. The summed E-state index contributed by atoms with van der Waals surface area (Å²) in [6.45, 7) is 1.94. The smallest absolute Gasteiger partial charge is 0.338 e. The van der Waals surface area contributed by atoms with Gasteiger partial charge in [0.25, 0.3) is 0 Å². The van der Waals surface area contributed by atoms with Crippen LogP contribution in [-0.2, 0) is 14.8 Å². The molecule has 0 aliphatic rings. The number of aromatic hydroxyl groups is 1. The van der Waals surface area contributed by atoms with Crippen molar-refractivity contribution in [1.29, 1.82) is 0 Å². The van der Waals surface area contributed by atoms with E-state index in [0.29, 0.717) is 11.3 Å². The van der Waals surface area contributed by atoms with E-state index in [1.807, 2.05) is 0 Å². The highest BCUT2D eigenvalue weighted by atomic mass is 32.2. The van der Waals surface area contributed by atoms with Crippen molar-refractivity contribution in [2.75, 3.05) is 19.4 Å². The molecule has 0 unspecified atom stereocenters. The lowest BCUT2D eigenvalue weighted by molar-refractivity contribution is 0.0599. The predicted octanol–water partition coefficient (Wildman–Crippen LogP) is 2.56. The number of hydrogen-bond donors (Lipinski definition) is 2. The van der Waals surface area contributed by atoms with Gasteiger partial charge in [-0.3, -0.25) is 0 Å². The number of hydrogen-bond acceptors (Lipinski definition) is 6. The molecule has 8 heteroatoms. The van der Waals surface area contributed by atoms with Crippen LogP contribution in [0.2, 0.25) is 0 Å². The Morgan fingerprint density at radius 1 is 1.20 bits per heavy atom. The molecule has 0 spiro atoms. The molecule has 2 N–H and O–H groups in total. The number of methoxy groups -OCH3 is 1. The van der Waals surface area contributed by atoms with Gasteiger partial charge in [-0.05, 0) is 48.9 Å². The third-order valence-electron chi connectivity index (χ3n) is 3.42. The van der Waals surface area contributed by atoms with E-state index in [1.165, 1.54) is 31.0 Å². The molecule has 6 nitrogen and oxygen atoms in total. The Kier molecular flexibility index (Phi) is 6.46. The highest BCUT2D eigenvalue weighted by Crippen LogP contribution is 2.20. The highest BCUT2D eigenvalue weighted by Gasteiger charge is 2.18. The number of rotatable bonds is 7. The Labute approximate surface area is 151 Å². The summed E-state index contributed by atoms with van der Waals surface area (Å²) in [5.41, 5.74) is 0.873. The van der Waals surface area contributed by atoms with Crippen molar-refractivity contribution in [3.05, 3.63) is 53.6 Å². The van der Waals surface area contributed by atoms with E-state index in [4.69, 9.17) is 0 Å². The molecule has 0 heterocycles. The Balaban J connectivity index is 1.99. The number of sulfonamides is 1. The number of ether oxygens (including phenoxy) is 1. The molecule has 0 saturated heterocycles. The van der Waals surface area contributed by atoms with E-state index >= 15 is 0 Å². The monoisotopic (exact) mass is 381 g/mol. The summed E-state index contributed by atoms with van der Waals surface area (Å²) in [7, 11) is -2.46. The zero-order valence-corrected chi connectivity index (χ0v) is 15.5. The van der Waals surface area contributed by atoms with Crippen LogP contribution in [0.25, 0.3) is 0 Å². The van der Waals surface area contributed by atoms with Crippen LogP contribution >= 0.6 is 11.8 Å². The van der Waals surface area contributed by atoms with Crippen molar-refractivity contribution in [1.82, 2.24) is 4.72 Å². The van der Waals surface area contributed by atoms with Gasteiger partial charge < -0.3 is 9.84 Å². The average Bonchev–Trinajstić information content (AvgIpc) is 2.60. The van der Waals surface area contributed by atoms with Crippen molar-refractivity contribution in [3.63, 3.8) is 0 Å². The lowest BCUT2D eigenvalue weighted by Crippen LogP contribution is -2.26. The van der Waals surface area contributed by atoms with E-state index in [0.717, 1.165) is 4.90 Å². The largest absolute Gasteiger partial charge is 0.508 e. The highest BCUT2D eigenvalue weighted by molar-refractivity contribution is 7.99. The van der Waals surface area contributed by atoms with Crippen LogP contribution < -0.4 is 4.72 Å². The molecule has 2 rings (SSSR count). The fraction of sp³-hybridized carbons (Fsp3) is 0.235. The van der Waals surface area contributed by atoms with E-state index in [9.17, 15) is 18.3 Å². The molecule has 0 aliphatic heterocycles. The quantitative estimate of drug-likeness (QED) is 0.435. The topological polar surface area (TPSA) is 92.7 Å². The first-order valence-electron chi connectivity index (χ1n) is 7.44. The summed E-state index contributed by atoms with van der Waals surface area (Å²) in [4.78, 5) is 12.6. The van der Waals surface area contributed by atoms with Gasteiger partial charge in [0.05, 0.1) is 17.6 Å². The fourth-order valence-electron chi connectivity index (χ4n) is 2.07. The second-order valence-corrected chi connectivity index (χ2v) is 8.14. The van der Waals surface area contributed by atoms with Crippen molar-refractivity contribution in [2.45, 2.75) is 16.7 Å². The van der Waals surface area contributed by atoms with E-state index < -0.39 is 16.0 Å². The van der Waals surface area contributed by atoms with Gasteiger partial charge in [0.1, 0.15) is 5.75 Å². The minimum Gasteiger partial charge on any atom is -0.508 e. The van der Waals surface area contributed by atoms with E-state index in [-0.39, 0.29) is 22.8 Å². The van der Waals surface area contributed by atoms with Crippen molar-refractivity contribution < 1.29 is 23.1 Å². The molecule has 0 bridgehead atoms. The number of phenols is 1. The number of esters is 1. The second kappa shape index (κ2) is 8.37. The van der Waals surface area contributed by atoms with Crippen LogP contribution in [0.5, 0.6) is 5.75 Å². The van der Waals surface area contributed by atoms with Crippen LogP contribution in [0.4, 0.5) is 0 Å². The van der Waals surface area contributed by atoms with Gasteiger partial charge >= 0.3 is 5.97 Å². The number of thioether (sulfide) groups is 1. The third kappa shape index (κ3) is 5.22. The van der Waals surface area contributed by atoms with Crippen LogP contribution in [0.3, 0.4) is 0 Å². The average molecular weight is 381 g/mol. The summed E-state index contributed by atoms with van der Waals surface area (Å²) < 4.78 is 31.9. The number of benzene rings is 2. The van der Waals surface area contributed by atoms with Crippen molar-refractivity contribution in [2.24, 2.45) is 0 Å². The van der Waals surface area contributed by atoms with Gasteiger partial charge in [-0.1, -0.05) is 6.07 Å². The van der Waals surface area contributed by atoms with Gasteiger partial charge in [-0.25, -0.2) is 17.9 Å². The first-order chi connectivity index (χ1) is 11.8. The standard InChI is InChI=1S/C17H19NO5S2/c1-12-3-8-15(11-16(12)17(20)23-2)25(21,22)18-9-10-24-14-6-4-13(19)5-7-14/h3-8,11,18-19H,9-10H2,1-2H3. The molecule has 0 saturated carbocycles. The maximum Gasteiger partial charge on any atom is 0.338 e. The summed E-state index contributed by atoms with van der Waals surface area (Å²) >= 11 is 1.47.